The van der Waals surface area contributed by atoms with Crippen molar-refractivity contribution in [1.82, 2.24) is 9.78 Å². The van der Waals surface area contributed by atoms with Gasteiger partial charge in [0, 0.05) is 28.2 Å². The average Bonchev–Trinajstić information content (AvgIpc) is 3.24. The molecule has 0 radical (unpaired) electrons. The van der Waals surface area contributed by atoms with Gasteiger partial charge in [-0.05, 0) is 29.8 Å². The molecule has 0 bridgehead atoms. The summed E-state index contributed by atoms with van der Waals surface area (Å²) in [4.78, 5) is 12.5. The van der Waals surface area contributed by atoms with Crippen molar-refractivity contribution >= 4 is 41.2 Å². The van der Waals surface area contributed by atoms with Gasteiger partial charge in [0.1, 0.15) is 5.82 Å². The minimum atomic E-state index is -0.184. The predicted octanol–water partition coefficient (Wildman–Crippen LogP) is 4.92. The van der Waals surface area contributed by atoms with Gasteiger partial charge in [0.25, 0.3) is 0 Å². The van der Waals surface area contributed by atoms with E-state index in [0.29, 0.717) is 5.02 Å². The standard InChI is InChI=1S/C20H16ClN3OS/c21-15-7-4-8-16(11-15)24-20(17-12-26-13-18(17)23-24)22-19(25)10-9-14-5-2-1-3-6-14/h1-11H,12-13H2,(H,22,25)/b10-9-. The highest BCUT2D eigenvalue weighted by Gasteiger charge is 2.24. The van der Waals surface area contributed by atoms with Crippen molar-refractivity contribution in [2.45, 2.75) is 11.5 Å². The van der Waals surface area contributed by atoms with E-state index in [2.05, 4.69) is 10.4 Å². The van der Waals surface area contributed by atoms with Crippen molar-refractivity contribution in [3.63, 3.8) is 0 Å². The summed E-state index contributed by atoms with van der Waals surface area (Å²) in [5, 5.41) is 8.30. The molecule has 3 aromatic rings. The number of hydrogen-bond donors (Lipinski definition) is 1. The molecule has 4 nitrogen and oxygen atoms in total. The topological polar surface area (TPSA) is 46.9 Å². The summed E-state index contributed by atoms with van der Waals surface area (Å²) in [5.74, 6) is 2.23. The number of aromatic nitrogens is 2. The fourth-order valence-corrected chi connectivity index (χ4v) is 4.05. The Morgan fingerprint density at radius 3 is 2.81 bits per heavy atom. The van der Waals surface area contributed by atoms with Gasteiger partial charge in [-0.3, -0.25) is 4.79 Å². The molecule has 4 rings (SSSR count). The van der Waals surface area contributed by atoms with Crippen LogP contribution in [0.5, 0.6) is 0 Å². The summed E-state index contributed by atoms with van der Waals surface area (Å²) >= 11 is 7.92. The number of nitrogens with zero attached hydrogens (tertiary/aromatic N) is 2. The molecular weight excluding hydrogens is 366 g/mol. The van der Waals surface area contributed by atoms with Gasteiger partial charge in [0.15, 0.2) is 0 Å². The van der Waals surface area contributed by atoms with Crippen LogP contribution >= 0.6 is 23.4 Å². The van der Waals surface area contributed by atoms with Crippen molar-refractivity contribution < 1.29 is 4.79 Å². The third-order valence-corrected chi connectivity index (χ3v) is 5.28. The lowest BCUT2D eigenvalue weighted by atomic mass is 10.2. The maximum Gasteiger partial charge on any atom is 0.249 e. The van der Waals surface area contributed by atoms with Gasteiger partial charge in [-0.25, -0.2) is 4.68 Å². The van der Waals surface area contributed by atoms with Crippen LogP contribution < -0.4 is 5.32 Å². The Labute approximate surface area is 160 Å². The van der Waals surface area contributed by atoms with Crippen LogP contribution in [0.25, 0.3) is 11.8 Å². The molecule has 2 heterocycles. The van der Waals surface area contributed by atoms with E-state index in [-0.39, 0.29) is 5.91 Å². The quantitative estimate of drug-likeness (QED) is 0.652. The fourth-order valence-electron chi connectivity index (χ4n) is 2.83. The second-order valence-electron chi connectivity index (χ2n) is 5.89. The highest BCUT2D eigenvalue weighted by molar-refractivity contribution is 7.98. The first-order chi connectivity index (χ1) is 12.7. The molecule has 26 heavy (non-hydrogen) atoms. The first-order valence-electron chi connectivity index (χ1n) is 8.19. The van der Waals surface area contributed by atoms with Crippen LogP contribution in [0, 0.1) is 0 Å². The Morgan fingerprint density at radius 1 is 1.15 bits per heavy atom. The molecule has 130 valence electrons. The Kier molecular flexibility index (Phi) is 4.82. The molecule has 1 N–H and O–H groups in total. The van der Waals surface area contributed by atoms with Gasteiger partial charge < -0.3 is 5.32 Å². The summed E-state index contributed by atoms with van der Waals surface area (Å²) in [6.45, 7) is 0. The molecule has 0 unspecified atom stereocenters. The monoisotopic (exact) mass is 381 g/mol. The molecule has 2 aromatic carbocycles. The fraction of sp³-hybridized carbons (Fsp3) is 0.100. The summed E-state index contributed by atoms with van der Waals surface area (Å²) in [7, 11) is 0. The molecule has 1 aliphatic rings. The molecule has 1 aliphatic heterocycles. The minimum Gasteiger partial charge on any atom is -0.307 e. The smallest absolute Gasteiger partial charge is 0.249 e. The van der Waals surface area contributed by atoms with Crippen LogP contribution in [-0.4, -0.2) is 15.7 Å². The van der Waals surface area contributed by atoms with E-state index in [4.69, 9.17) is 11.6 Å². The second kappa shape index (κ2) is 7.40. The molecule has 1 aromatic heterocycles. The van der Waals surface area contributed by atoms with Crippen LogP contribution in [0.3, 0.4) is 0 Å². The number of carbonyl (C=O) groups excluding carboxylic acids is 1. The molecule has 0 saturated heterocycles. The summed E-state index contributed by atoms with van der Waals surface area (Å²) in [6.07, 6.45) is 3.34. The SMILES string of the molecule is O=C(/C=C\c1ccccc1)Nc1c2c(nn1-c1cccc(Cl)c1)CSC2. The molecule has 1 amide bonds. The third-order valence-electron chi connectivity index (χ3n) is 4.07. The molecule has 6 heteroatoms. The van der Waals surface area contributed by atoms with Crippen LogP contribution in [0.15, 0.2) is 60.7 Å². The maximum absolute atomic E-state index is 12.5. The van der Waals surface area contributed by atoms with Crippen molar-refractivity contribution in [2.24, 2.45) is 0 Å². The van der Waals surface area contributed by atoms with Crippen molar-refractivity contribution in [1.29, 1.82) is 0 Å². The largest absolute Gasteiger partial charge is 0.307 e. The molecular formula is C20H16ClN3OS. The number of anilines is 1. The number of halogens is 1. The van der Waals surface area contributed by atoms with E-state index in [9.17, 15) is 4.79 Å². The van der Waals surface area contributed by atoms with Crippen LogP contribution in [0.4, 0.5) is 5.82 Å². The number of fused-ring (bicyclic) bond motifs is 1. The Morgan fingerprint density at radius 2 is 2.00 bits per heavy atom. The Balaban J connectivity index is 1.63. The van der Waals surface area contributed by atoms with Crippen molar-refractivity contribution in [3.8, 4) is 5.69 Å². The van der Waals surface area contributed by atoms with Crippen LogP contribution in [-0.2, 0) is 16.3 Å². The van der Waals surface area contributed by atoms with E-state index in [1.165, 1.54) is 0 Å². The zero-order chi connectivity index (χ0) is 17.9. The maximum atomic E-state index is 12.5. The highest BCUT2D eigenvalue weighted by Crippen LogP contribution is 2.36. The summed E-state index contributed by atoms with van der Waals surface area (Å²) < 4.78 is 1.77. The highest BCUT2D eigenvalue weighted by atomic mass is 35.5. The Hall–Kier alpha value is -2.50. The first-order valence-corrected chi connectivity index (χ1v) is 9.72. The predicted molar refractivity (Wildman–Crippen MR) is 108 cm³/mol. The van der Waals surface area contributed by atoms with E-state index in [0.717, 1.165) is 39.8 Å². The lowest BCUT2D eigenvalue weighted by Gasteiger charge is -2.10. The van der Waals surface area contributed by atoms with Gasteiger partial charge in [0.05, 0.1) is 11.4 Å². The average molecular weight is 382 g/mol. The summed E-state index contributed by atoms with van der Waals surface area (Å²) in [5.41, 5.74) is 3.90. The number of rotatable bonds is 4. The van der Waals surface area contributed by atoms with Gasteiger partial charge in [-0.15, -0.1) is 0 Å². The lowest BCUT2D eigenvalue weighted by Crippen LogP contribution is -2.13. The molecule has 0 aliphatic carbocycles. The Bertz CT molecular complexity index is 982. The molecule has 0 spiro atoms. The zero-order valence-corrected chi connectivity index (χ0v) is 15.4. The molecule has 0 fully saturated rings. The van der Waals surface area contributed by atoms with E-state index in [1.54, 1.807) is 28.6 Å². The van der Waals surface area contributed by atoms with Gasteiger partial charge in [-0.2, -0.15) is 16.9 Å². The van der Waals surface area contributed by atoms with Crippen LogP contribution in [0.2, 0.25) is 5.02 Å². The van der Waals surface area contributed by atoms with E-state index < -0.39 is 0 Å². The van der Waals surface area contributed by atoms with Gasteiger partial charge in [0.2, 0.25) is 5.91 Å². The lowest BCUT2D eigenvalue weighted by molar-refractivity contribution is -0.111. The number of thioether (sulfide) groups is 1. The number of hydrogen-bond acceptors (Lipinski definition) is 3. The van der Waals surface area contributed by atoms with Gasteiger partial charge in [-0.1, -0.05) is 48.0 Å². The number of nitrogens with one attached hydrogen (secondary N) is 1. The van der Waals surface area contributed by atoms with Crippen LogP contribution in [0.1, 0.15) is 16.8 Å². The zero-order valence-electron chi connectivity index (χ0n) is 13.9. The molecule has 0 saturated carbocycles. The number of carbonyl (C=O) groups is 1. The van der Waals surface area contributed by atoms with Gasteiger partial charge >= 0.3 is 0 Å². The van der Waals surface area contributed by atoms with E-state index in [1.807, 2.05) is 54.6 Å². The summed E-state index contributed by atoms with van der Waals surface area (Å²) in [6, 6.07) is 17.2. The first kappa shape index (κ1) is 16.9. The normalized spacial score (nSPS) is 13.1. The second-order valence-corrected chi connectivity index (χ2v) is 7.31. The van der Waals surface area contributed by atoms with Crippen molar-refractivity contribution in [2.75, 3.05) is 5.32 Å². The van der Waals surface area contributed by atoms with E-state index >= 15 is 0 Å². The number of amides is 1. The third kappa shape index (κ3) is 3.54. The minimum absolute atomic E-state index is 0.184. The van der Waals surface area contributed by atoms with Crippen molar-refractivity contribution in [3.05, 3.63) is 82.5 Å². The number of benzene rings is 2. The molecule has 0 atom stereocenters.